The summed E-state index contributed by atoms with van der Waals surface area (Å²) in [4.78, 5) is 13.0. The van der Waals surface area contributed by atoms with Gasteiger partial charge in [0.2, 0.25) is 0 Å². The predicted molar refractivity (Wildman–Crippen MR) is 116 cm³/mol. The van der Waals surface area contributed by atoms with E-state index in [9.17, 15) is 9.90 Å². The molecule has 0 aliphatic carbocycles. The zero-order valence-electron chi connectivity index (χ0n) is 16.5. The van der Waals surface area contributed by atoms with Gasteiger partial charge in [-0.1, -0.05) is 12.1 Å². The molecule has 1 aromatic heterocycles. The molecule has 27 heavy (non-hydrogen) atoms. The van der Waals surface area contributed by atoms with Crippen molar-refractivity contribution in [1.82, 2.24) is 0 Å². The fraction of sp³-hybridized carbons (Fsp3) is 0.381. The lowest BCUT2D eigenvalue weighted by Gasteiger charge is -2.23. The third-order valence-corrected chi connectivity index (χ3v) is 8.96. The normalized spacial score (nSPS) is 13.3. The molecular weight excluding hydrogens is 376 g/mol. The average molecular weight is 403 g/mol. The van der Waals surface area contributed by atoms with Crippen LogP contribution in [0.2, 0.25) is 19.1 Å². The molecule has 0 radical (unpaired) electrons. The first kappa shape index (κ1) is 20.0. The van der Waals surface area contributed by atoms with Crippen LogP contribution in [0.1, 0.15) is 11.1 Å². The van der Waals surface area contributed by atoms with Crippen LogP contribution in [0.4, 0.5) is 0 Å². The van der Waals surface area contributed by atoms with Crippen LogP contribution < -0.4 is 10.2 Å². The molecular formula is C21H26O4SSi. The molecule has 4 nitrogen and oxygen atoms in total. The van der Waals surface area contributed by atoms with Gasteiger partial charge in [-0.05, 0) is 62.3 Å². The smallest absolute Gasteiger partial charge is 0.196 e. The van der Waals surface area contributed by atoms with E-state index in [4.69, 9.17) is 9.16 Å². The van der Waals surface area contributed by atoms with E-state index in [0.29, 0.717) is 17.2 Å². The van der Waals surface area contributed by atoms with E-state index in [2.05, 4.69) is 13.1 Å². The largest absolute Gasteiger partial charge is 0.491 e. The van der Waals surface area contributed by atoms with Crippen LogP contribution in [0.3, 0.4) is 0 Å². The van der Waals surface area contributed by atoms with Gasteiger partial charge in [-0.2, -0.15) is 0 Å². The second-order valence-corrected chi connectivity index (χ2v) is 12.9. The van der Waals surface area contributed by atoms with Gasteiger partial charge >= 0.3 is 0 Å². The van der Waals surface area contributed by atoms with Gasteiger partial charge < -0.3 is 14.3 Å². The number of aliphatic hydroxyl groups excluding tert-OH is 1. The van der Waals surface area contributed by atoms with E-state index in [0.717, 1.165) is 25.9 Å². The molecule has 0 aliphatic rings. The van der Waals surface area contributed by atoms with Crippen molar-refractivity contribution in [3.8, 4) is 5.75 Å². The Kier molecular flexibility index (Phi) is 5.72. The maximum atomic E-state index is 13.0. The van der Waals surface area contributed by atoms with E-state index in [-0.39, 0.29) is 12.0 Å². The van der Waals surface area contributed by atoms with E-state index in [1.54, 1.807) is 18.4 Å². The van der Waals surface area contributed by atoms with Gasteiger partial charge in [-0.15, -0.1) is 11.3 Å². The molecule has 0 fully saturated rings. The van der Waals surface area contributed by atoms with Crippen LogP contribution in [-0.2, 0) is 4.43 Å². The molecule has 1 unspecified atom stereocenters. The summed E-state index contributed by atoms with van der Waals surface area (Å²) in [6, 6.07) is 10.1. The molecule has 1 atom stereocenters. The van der Waals surface area contributed by atoms with Gasteiger partial charge in [0.25, 0.3) is 0 Å². The predicted octanol–water partition coefficient (Wildman–Crippen LogP) is 4.62. The molecule has 144 valence electrons. The number of aryl methyl sites for hydroxylation is 1. The summed E-state index contributed by atoms with van der Waals surface area (Å²) in [5, 5.41) is 11.7. The minimum atomic E-state index is -1.86. The summed E-state index contributed by atoms with van der Waals surface area (Å²) >= 11 is 1.63. The van der Waals surface area contributed by atoms with Gasteiger partial charge in [0.15, 0.2) is 13.7 Å². The van der Waals surface area contributed by atoms with Crippen LogP contribution in [0.25, 0.3) is 20.2 Å². The second-order valence-electron chi connectivity index (χ2n) is 7.56. The van der Waals surface area contributed by atoms with Gasteiger partial charge in [0.1, 0.15) is 12.4 Å². The van der Waals surface area contributed by atoms with E-state index in [1.807, 2.05) is 44.2 Å². The molecule has 0 saturated heterocycles. The Balaban J connectivity index is 1.97. The quantitative estimate of drug-likeness (QED) is 0.483. The summed E-state index contributed by atoms with van der Waals surface area (Å²) in [6.07, 6.45) is -0.590. The summed E-state index contributed by atoms with van der Waals surface area (Å²) in [5.74, 6) is 0.663. The van der Waals surface area contributed by atoms with Crippen molar-refractivity contribution < 1.29 is 14.3 Å². The fourth-order valence-electron chi connectivity index (χ4n) is 3.21. The van der Waals surface area contributed by atoms with E-state index < -0.39 is 14.4 Å². The molecule has 1 heterocycles. The number of rotatable bonds is 6. The van der Waals surface area contributed by atoms with Gasteiger partial charge in [-0.25, -0.2) is 0 Å². The highest BCUT2D eigenvalue weighted by Gasteiger charge is 2.25. The van der Waals surface area contributed by atoms with Gasteiger partial charge in [0.05, 0.1) is 6.10 Å². The zero-order valence-corrected chi connectivity index (χ0v) is 18.3. The maximum Gasteiger partial charge on any atom is 0.196 e. The van der Waals surface area contributed by atoms with Crippen LogP contribution in [0.5, 0.6) is 5.75 Å². The summed E-state index contributed by atoms with van der Waals surface area (Å²) < 4.78 is 13.4. The highest BCUT2D eigenvalue weighted by Crippen LogP contribution is 2.34. The number of hydrogen-bond donors (Lipinski definition) is 1. The monoisotopic (exact) mass is 402 g/mol. The fourth-order valence-corrected chi connectivity index (χ4v) is 5.83. The standard InChI is InChI=1S/C21H26O4SSi/c1-13-14(2)21-17(20(23)16-8-6-7-9-19(16)26-21)10-18(13)25-11-15(22)12-27(4,5)24-3/h6-10,15,22H,11-12H2,1-5H3. The van der Waals surface area contributed by atoms with Crippen molar-refractivity contribution in [3.05, 3.63) is 51.7 Å². The molecule has 0 bridgehead atoms. The summed E-state index contributed by atoms with van der Waals surface area (Å²) in [6.45, 7) is 8.34. The van der Waals surface area contributed by atoms with Crippen LogP contribution in [-0.4, -0.2) is 33.2 Å². The number of fused-ring (bicyclic) bond motifs is 2. The minimum absolute atomic E-state index is 0.0285. The highest BCUT2D eigenvalue weighted by atomic mass is 32.1. The Bertz CT molecular complexity index is 1040. The first-order valence-electron chi connectivity index (χ1n) is 9.05. The average Bonchev–Trinajstić information content (AvgIpc) is 2.64. The van der Waals surface area contributed by atoms with E-state index in [1.165, 1.54) is 0 Å². The summed E-state index contributed by atoms with van der Waals surface area (Å²) in [5.41, 5.74) is 2.08. The molecule has 0 saturated carbocycles. The minimum Gasteiger partial charge on any atom is -0.491 e. The Morgan fingerprint density at radius 1 is 1.15 bits per heavy atom. The van der Waals surface area contributed by atoms with Crippen molar-refractivity contribution in [2.75, 3.05) is 13.7 Å². The lowest BCUT2D eigenvalue weighted by molar-refractivity contribution is 0.117. The SMILES string of the molecule is CO[Si](C)(C)CC(O)COc1cc2c(=O)c3ccccc3sc2c(C)c1C. The Morgan fingerprint density at radius 2 is 1.85 bits per heavy atom. The molecule has 1 N–H and O–H groups in total. The Hall–Kier alpha value is -1.73. The Morgan fingerprint density at radius 3 is 2.56 bits per heavy atom. The molecule has 3 rings (SSSR count). The molecule has 3 aromatic rings. The molecule has 0 spiro atoms. The third-order valence-electron chi connectivity index (χ3n) is 5.09. The van der Waals surface area contributed by atoms with Gasteiger partial charge in [-0.3, -0.25) is 4.79 Å². The Labute approximate surface area is 164 Å². The third kappa shape index (κ3) is 4.09. The van der Waals surface area contributed by atoms with Crippen LogP contribution >= 0.6 is 11.3 Å². The first-order valence-corrected chi connectivity index (χ1v) is 13.0. The number of ether oxygens (including phenoxy) is 1. The van der Waals surface area contributed by atoms with Crippen molar-refractivity contribution >= 4 is 39.8 Å². The van der Waals surface area contributed by atoms with Gasteiger partial charge in [0, 0.05) is 27.3 Å². The molecule has 6 heteroatoms. The van der Waals surface area contributed by atoms with Crippen molar-refractivity contribution in [2.45, 2.75) is 39.1 Å². The lowest BCUT2D eigenvalue weighted by atomic mass is 10.1. The maximum absolute atomic E-state index is 13.0. The molecule has 0 aliphatic heterocycles. The van der Waals surface area contributed by atoms with E-state index >= 15 is 0 Å². The summed E-state index contributed by atoms with van der Waals surface area (Å²) in [7, 11) is -0.172. The van der Waals surface area contributed by atoms with Crippen molar-refractivity contribution in [3.63, 3.8) is 0 Å². The lowest BCUT2D eigenvalue weighted by Crippen LogP contribution is -2.35. The van der Waals surface area contributed by atoms with Crippen LogP contribution in [0.15, 0.2) is 35.1 Å². The van der Waals surface area contributed by atoms with Crippen molar-refractivity contribution in [2.24, 2.45) is 0 Å². The van der Waals surface area contributed by atoms with Crippen molar-refractivity contribution in [1.29, 1.82) is 0 Å². The highest BCUT2D eigenvalue weighted by molar-refractivity contribution is 7.24. The number of benzene rings is 2. The number of hydrogen-bond acceptors (Lipinski definition) is 5. The zero-order chi connectivity index (χ0) is 19.8. The topological polar surface area (TPSA) is 55.8 Å². The molecule has 2 aromatic carbocycles. The number of aliphatic hydroxyl groups is 1. The second kappa shape index (κ2) is 7.71. The van der Waals surface area contributed by atoms with Crippen LogP contribution in [0, 0.1) is 13.8 Å². The molecule has 0 amide bonds. The first-order chi connectivity index (χ1) is 12.7.